The van der Waals surface area contributed by atoms with Crippen molar-refractivity contribution >= 4 is 0 Å². The van der Waals surface area contributed by atoms with E-state index in [9.17, 15) is 0 Å². The van der Waals surface area contributed by atoms with E-state index in [1.807, 2.05) is 54.6 Å². The van der Waals surface area contributed by atoms with E-state index in [0.29, 0.717) is 24.8 Å². The molecule has 0 unspecified atom stereocenters. The summed E-state index contributed by atoms with van der Waals surface area (Å²) >= 11 is 0. The molecule has 0 fully saturated rings. The van der Waals surface area contributed by atoms with Crippen molar-refractivity contribution in [2.24, 2.45) is 0 Å². The number of aromatic nitrogens is 2. The zero-order valence-electron chi connectivity index (χ0n) is 12.2. The molecule has 0 N–H and O–H groups in total. The zero-order chi connectivity index (χ0) is 15.2. The maximum atomic E-state index is 5.66. The molecule has 1 aromatic heterocycles. The highest BCUT2D eigenvalue weighted by atomic mass is 16.5. The van der Waals surface area contributed by atoms with Gasteiger partial charge in [0.15, 0.2) is 0 Å². The van der Waals surface area contributed by atoms with Crippen LogP contribution in [0.25, 0.3) is 11.5 Å². The Bertz CT molecular complexity index is 726. The van der Waals surface area contributed by atoms with Gasteiger partial charge in [0.25, 0.3) is 0 Å². The van der Waals surface area contributed by atoms with E-state index in [-0.39, 0.29) is 0 Å². The lowest BCUT2D eigenvalue weighted by molar-refractivity contribution is 0.304. The summed E-state index contributed by atoms with van der Waals surface area (Å²) in [6.07, 6.45) is 0.553. The Morgan fingerprint density at radius 2 is 1.77 bits per heavy atom. The maximum absolute atomic E-state index is 5.66. The minimum atomic E-state index is 0.462. The molecule has 3 aromatic rings. The van der Waals surface area contributed by atoms with E-state index in [1.165, 1.54) is 0 Å². The van der Waals surface area contributed by atoms with Gasteiger partial charge in [-0.1, -0.05) is 24.3 Å². The van der Waals surface area contributed by atoms with Gasteiger partial charge in [-0.05, 0) is 24.3 Å². The fourth-order valence-electron chi connectivity index (χ4n) is 2.00. The van der Waals surface area contributed by atoms with E-state index in [2.05, 4.69) is 10.2 Å². The normalized spacial score (nSPS) is 10.4. The summed E-state index contributed by atoms with van der Waals surface area (Å²) in [4.78, 5) is 0. The second-order valence-electron chi connectivity index (χ2n) is 4.64. The molecular formula is C17H16N2O3. The second kappa shape index (κ2) is 6.76. The topological polar surface area (TPSA) is 57.4 Å². The fourth-order valence-corrected chi connectivity index (χ4v) is 2.00. The van der Waals surface area contributed by atoms with E-state index in [4.69, 9.17) is 13.9 Å². The van der Waals surface area contributed by atoms with Gasteiger partial charge in [-0.3, -0.25) is 0 Å². The summed E-state index contributed by atoms with van der Waals surface area (Å²) in [5.41, 5.74) is 0.912. The lowest BCUT2D eigenvalue weighted by Crippen LogP contribution is -2.01. The van der Waals surface area contributed by atoms with Gasteiger partial charge in [-0.25, -0.2) is 0 Å². The van der Waals surface area contributed by atoms with Crippen molar-refractivity contribution < 1.29 is 13.9 Å². The molecular weight excluding hydrogens is 280 g/mol. The Kier molecular flexibility index (Phi) is 4.34. The molecule has 5 heteroatoms. The highest BCUT2D eigenvalue weighted by Crippen LogP contribution is 2.20. The molecule has 0 spiro atoms. The molecule has 0 bridgehead atoms. The minimum absolute atomic E-state index is 0.462. The average molecular weight is 296 g/mol. The Morgan fingerprint density at radius 1 is 0.955 bits per heavy atom. The van der Waals surface area contributed by atoms with Gasteiger partial charge in [0.1, 0.15) is 11.5 Å². The lowest BCUT2D eigenvalue weighted by Gasteiger charge is -2.06. The molecule has 0 aliphatic carbocycles. The van der Waals surface area contributed by atoms with Crippen LogP contribution in [0.15, 0.2) is 59.0 Å². The third kappa shape index (κ3) is 3.44. The number of benzene rings is 2. The Labute approximate surface area is 128 Å². The zero-order valence-corrected chi connectivity index (χ0v) is 12.2. The standard InChI is InChI=1S/C17H16N2O3/c1-20-14-8-5-9-15(12-14)21-11-10-16-18-19-17(22-16)13-6-3-2-4-7-13/h2-9,12H,10-11H2,1H3. The van der Waals surface area contributed by atoms with Gasteiger partial charge in [-0.2, -0.15) is 0 Å². The summed E-state index contributed by atoms with van der Waals surface area (Å²) in [6, 6.07) is 17.2. The Hall–Kier alpha value is -2.82. The quantitative estimate of drug-likeness (QED) is 0.698. The van der Waals surface area contributed by atoms with Crippen molar-refractivity contribution in [1.29, 1.82) is 0 Å². The van der Waals surface area contributed by atoms with Crippen LogP contribution in [0.4, 0.5) is 0 Å². The highest BCUT2D eigenvalue weighted by Gasteiger charge is 2.08. The second-order valence-corrected chi connectivity index (χ2v) is 4.64. The van der Waals surface area contributed by atoms with Crippen LogP contribution in [0, 0.1) is 0 Å². The van der Waals surface area contributed by atoms with Gasteiger partial charge >= 0.3 is 0 Å². The van der Waals surface area contributed by atoms with Crippen LogP contribution in [0.3, 0.4) is 0 Å². The minimum Gasteiger partial charge on any atom is -0.497 e. The molecule has 0 saturated heterocycles. The molecule has 0 radical (unpaired) electrons. The first kappa shape index (κ1) is 14.1. The first-order valence-corrected chi connectivity index (χ1v) is 7.00. The van der Waals surface area contributed by atoms with Crippen molar-refractivity contribution in [3.8, 4) is 23.0 Å². The number of methoxy groups -OCH3 is 1. The number of hydrogen-bond donors (Lipinski definition) is 0. The summed E-state index contributed by atoms with van der Waals surface area (Å²) in [6.45, 7) is 0.462. The van der Waals surface area contributed by atoms with E-state index in [1.54, 1.807) is 7.11 Å². The predicted molar refractivity (Wildman–Crippen MR) is 81.9 cm³/mol. The van der Waals surface area contributed by atoms with Crippen molar-refractivity contribution in [1.82, 2.24) is 10.2 Å². The van der Waals surface area contributed by atoms with Gasteiger partial charge in [0.2, 0.25) is 11.8 Å². The molecule has 3 rings (SSSR count). The third-order valence-electron chi connectivity index (χ3n) is 3.11. The molecule has 112 valence electrons. The fraction of sp³-hybridized carbons (Fsp3) is 0.176. The van der Waals surface area contributed by atoms with E-state index >= 15 is 0 Å². The summed E-state index contributed by atoms with van der Waals surface area (Å²) in [5.74, 6) is 2.60. The maximum Gasteiger partial charge on any atom is 0.247 e. The van der Waals surface area contributed by atoms with Crippen molar-refractivity contribution in [3.63, 3.8) is 0 Å². The smallest absolute Gasteiger partial charge is 0.247 e. The van der Waals surface area contributed by atoms with Crippen LogP contribution in [0.2, 0.25) is 0 Å². The van der Waals surface area contributed by atoms with Crippen LogP contribution in [-0.4, -0.2) is 23.9 Å². The third-order valence-corrected chi connectivity index (χ3v) is 3.11. The molecule has 0 amide bonds. The van der Waals surface area contributed by atoms with Crippen LogP contribution >= 0.6 is 0 Å². The Morgan fingerprint density at radius 3 is 2.59 bits per heavy atom. The number of ether oxygens (including phenoxy) is 2. The molecule has 0 aliphatic heterocycles. The number of hydrogen-bond acceptors (Lipinski definition) is 5. The first-order valence-electron chi connectivity index (χ1n) is 7.00. The largest absolute Gasteiger partial charge is 0.497 e. The molecule has 1 heterocycles. The van der Waals surface area contributed by atoms with Gasteiger partial charge in [0, 0.05) is 11.6 Å². The van der Waals surface area contributed by atoms with Gasteiger partial charge in [0.05, 0.1) is 20.1 Å². The molecule has 0 aliphatic rings. The van der Waals surface area contributed by atoms with Crippen LogP contribution in [0.1, 0.15) is 5.89 Å². The first-order chi connectivity index (χ1) is 10.8. The number of nitrogens with zero attached hydrogens (tertiary/aromatic N) is 2. The summed E-state index contributed by atoms with van der Waals surface area (Å²) in [5, 5.41) is 8.08. The molecule has 0 atom stereocenters. The summed E-state index contributed by atoms with van der Waals surface area (Å²) in [7, 11) is 1.63. The van der Waals surface area contributed by atoms with Crippen LogP contribution < -0.4 is 9.47 Å². The summed E-state index contributed by atoms with van der Waals surface area (Å²) < 4.78 is 16.4. The molecule has 0 saturated carbocycles. The molecule has 22 heavy (non-hydrogen) atoms. The SMILES string of the molecule is COc1cccc(OCCc2nnc(-c3ccccc3)o2)c1. The monoisotopic (exact) mass is 296 g/mol. The van der Waals surface area contributed by atoms with E-state index in [0.717, 1.165) is 17.1 Å². The number of rotatable bonds is 6. The average Bonchev–Trinajstić information content (AvgIpc) is 3.05. The van der Waals surface area contributed by atoms with Crippen molar-refractivity contribution in [3.05, 3.63) is 60.5 Å². The van der Waals surface area contributed by atoms with Gasteiger partial charge < -0.3 is 13.9 Å². The van der Waals surface area contributed by atoms with Gasteiger partial charge in [-0.15, -0.1) is 10.2 Å². The molecule has 5 nitrogen and oxygen atoms in total. The highest BCUT2D eigenvalue weighted by molar-refractivity contribution is 5.51. The Balaban J connectivity index is 1.57. The predicted octanol–water partition coefficient (Wildman–Crippen LogP) is 3.37. The van der Waals surface area contributed by atoms with Crippen molar-refractivity contribution in [2.45, 2.75) is 6.42 Å². The van der Waals surface area contributed by atoms with E-state index < -0.39 is 0 Å². The molecule has 2 aromatic carbocycles. The lowest BCUT2D eigenvalue weighted by atomic mass is 10.2. The van der Waals surface area contributed by atoms with Crippen molar-refractivity contribution in [2.75, 3.05) is 13.7 Å². The van der Waals surface area contributed by atoms with Crippen LogP contribution in [-0.2, 0) is 6.42 Å². The van der Waals surface area contributed by atoms with Crippen LogP contribution in [0.5, 0.6) is 11.5 Å².